The standard InChI is InChI=1S/C23H27FN2O2/c1-2-18-8-10-19(11-9-18)12-13-22(27)25-14-5-15-26(17-16-25)23(28)20-6-3-4-7-21(20)24/h3-4,6-11H,2,5,12-17H2,1H3. The maximum atomic E-state index is 13.9. The van der Waals surface area contributed by atoms with Gasteiger partial charge >= 0.3 is 0 Å². The number of carbonyl (C=O) groups is 2. The molecule has 0 unspecified atom stereocenters. The van der Waals surface area contributed by atoms with Gasteiger partial charge in [-0.2, -0.15) is 0 Å². The van der Waals surface area contributed by atoms with E-state index in [0.717, 1.165) is 18.4 Å². The fourth-order valence-corrected chi connectivity index (χ4v) is 3.53. The number of halogens is 1. The number of nitrogens with zero attached hydrogens (tertiary/aromatic N) is 2. The van der Waals surface area contributed by atoms with Crippen molar-refractivity contribution in [2.75, 3.05) is 26.2 Å². The highest BCUT2D eigenvalue weighted by atomic mass is 19.1. The van der Waals surface area contributed by atoms with E-state index >= 15 is 0 Å². The molecule has 0 N–H and O–H groups in total. The van der Waals surface area contributed by atoms with E-state index in [1.165, 1.54) is 17.7 Å². The van der Waals surface area contributed by atoms with Gasteiger partial charge in [0.05, 0.1) is 5.56 Å². The molecule has 0 bridgehead atoms. The molecule has 5 heteroatoms. The first-order valence-electron chi connectivity index (χ1n) is 9.98. The minimum atomic E-state index is -0.501. The monoisotopic (exact) mass is 382 g/mol. The van der Waals surface area contributed by atoms with Crippen LogP contribution in [-0.4, -0.2) is 47.8 Å². The highest BCUT2D eigenvalue weighted by molar-refractivity contribution is 5.94. The molecule has 1 fully saturated rings. The zero-order valence-corrected chi connectivity index (χ0v) is 16.4. The molecular formula is C23H27FN2O2. The maximum Gasteiger partial charge on any atom is 0.256 e. The van der Waals surface area contributed by atoms with E-state index in [9.17, 15) is 14.0 Å². The Bertz CT molecular complexity index is 820. The summed E-state index contributed by atoms with van der Waals surface area (Å²) in [6, 6.07) is 14.4. The van der Waals surface area contributed by atoms with E-state index in [2.05, 4.69) is 31.2 Å². The number of aryl methyl sites for hydroxylation is 2. The summed E-state index contributed by atoms with van der Waals surface area (Å²) in [5, 5.41) is 0. The van der Waals surface area contributed by atoms with Gasteiger partial charge in [-0.25, -0.2) is 4.39 Å². The molecule has 2 amide bonds. The molecule has 1 saturated heterocycles. The molecule has 0 saturated carbocycles. The van der Waals surface area contributed by atoms with Crippen LogP contribution in [0, 0.1) is 5.82 Å². The van der Waals surface area contributed by atoms with Gasteiger partial charge < -0.3 is 9.80 Å². The van der Waals surface area contributed by atoms with E-state index in [0.29, 0.717) is 39.0 Å². The maximum absolute atomic E-state index is 13.9. The van der Waals surface area contributed by atoms with E-state index in [1.54, 1.807) is 17.0 Å². The van der Waals surface area contributed by atoms with Gasteiger partial charge in [0.2, 0.25) is 5.91 Å². The summed E-state index contributed by atoms with van der Waals surface area (Å²) in [5.41, 5.74) is 2.55. The second-order valence-corrected chi connectivity index (χ2v) is 7.18. The fourth-order valence-electron chi connectivity index (χ4n) is 3.53. The van der Waals surface area contributed by atoms with Crippen LogP contribution in [0.5, 0.6) is 0 Å². The first-order valence-corrected chi connectivity index (χ1v) is 9.98. The van der Waals surface area contributed by atoms with Crippen molar-refractivity contribution < 1.29 is 14.0 Å². The van der Waals surface area contributed by atoms with Gasteiger partial charge in [0.25, 0.3) is 5.91 Å². The number of benzene rings is 2. The van der Waals surface area contributed by atoms with Crippen LogP contribution in [0.3, 0.4) is 0 Å². The number of hydrogen-bond acceptors (Lipinski definition) is 2. The lowest BCUT2D eigenvalue weighted by molar-refractivity contribution is -0.131. The number of amides is 2. The van der Waals surface area contributed by atoms with Gasteiger partial charge in [-0.15, -0.1) is 0 Å². The normalized spacial score (nSPS) is 14.6. The molecule has 0 aliphatic carbocycles. The lowest BCUT2D eigenvalue weighted by Crippen LogP contribution is -2.37. The predicted octanol–water partition coefficient (Wildman–Crippen LogP) is 3.70. The van der Waals surface area contributed by atoms with E-state index in [1.807, 2.05) is 4.90 Å². The van der Waals surface area contributed by atoms with Crippen LogP contribution in [0.15, 0.2) is 48.5 Å². The summed E-state index contributed by atoms with van der Waals surface area (Å²) >= 11 is 0. The van der Waals surface area contributed by atoms with Gasteiger partial charge in [0.15, 0.2) is 0 Å². The van der Waals surface area contributed by atoms with E-state index < -0.39 is 5.82 Å². The zero-order valence-electron chi connectivity index (χ0n) is 16.4. The van der Waals surface area contributed by atoms with E-state index in [-0.39, 0.29) is 17.4 Å². The Morgan fingerprint density at radius 2 is 1.54 bits per heavy atom. The van der Waals surface area contributed by atoms with Crippen molar-refractivity contribution >= 4 is 11.8 Å². The zero-order chi connectivity index (χ0) is 19.9. The topological polar surface area (TPSA) is 40.6 Å². The Labute approximate surface area is 166 Å². The van der Waals surface area contributed by atoms with Crippen molar-refractivity contribution in [1.82, 2.24) is 9.80 Å². The lowest BCUT2D eigenvalue weighted by Gasteiger charge is -2.22. The van der Waals surface area contributed by atoms with Crippen LogP contribution in [0.1, 0.15) is 41.3 Å². The first-order chi connectivity index (χ1) is 13.6. The Morgan fingerprint density at radius 3 is 2.25 bits per heavy atom. The van der Waals surface area contributed by atoms with E-state index in [4.69, 9.17) is 0 Å². The molecule has 0 aromatic heterocycles. The summed E-state index contributed by atoms with van der Waals surface area (Å²) in [6.07, 6.45) is 2.90. The molecule has 2 aromatic rings. The highest BCUT2D eigenvalue weighted by Crippen LogP contribution is 2.14. The molecule has 1 aliphatic heterocycles. The average Bonchev–Trinajstić information content (AvgIpc) is 2.98. The molecule has 28 heavy (non-hydrogen) atoms. The Hall–Kier alpha value is -2.69. The van der Waals surface area contributed by atoms with Crippen molar-refractivity contribution in [1.29, 1.82) is 0 Å². The van der Waals surface area contributed by atoms with Crippen molar-refractivity contribution in [3.8, 4) is 0 Å². The highest BCUT2D eigenvalue weighted by Gasteiger charge is 2.24. The van der Waals surface area contributed by atoms with Crippen LogP contribution < -0.4 is 0 Å². The number of rotatable bonds is 5. The number of carbonyl (C=O) groups excluding carboxylic acids is 2. The summed E-state index contributed by atoms with van der Waals surface area (Å²) in [4.78, 5) is 28.7. The van der Waals surface area contributed by atoms with Crippen LogP contribution in [0.4, 0.5) is 4.39 Å². The third-order valence-electron chi connectivity index (χ3n) is 5.30. The summed E-state index contributed by atoms with van der Waals surface area (Å²) in [7, 11) is 0. The van der Waals surface area contributed by atoms with Gasteiger partial charge in [-0.1, -0.05) is 43.3 Å². The molecule has 1 aliphatic rings. The van der Waals surface area contributed by atoms with Gasteiger partial charge in [-0.05, 0) is 42.5 Å². The molecule has 0 spiro atoms. The molecule has 3 rings (SSSR count). The molecule has 4 nitrogen and oxygen atoms in total. The largest absolute Gasteiger partial charge is 0.341 e. The first kappa shape index (κ1) is 20.1. The van der Waals surface area contributed by atoms with Crippen molar-refractivity contribution in [3.63, 3.8) is 0 Å². The Kier molecular flexibility index (Phi) is 6.80. The molecule has 0 atom stereocenters. The van der Waals surface area contributed by atoms with Crippen LogP contribution >= 0.6 is 0 Å². The fraction of sp³-hybridized carbons (Fsp3) is 0.391. The Morgan fingerprint density at radius 1 is 0.893 bits per heavy atom. The van der Waals surface area contributed by atoms with Crippen molar-refractivity contribution in [3.05, 3.63) is 71.0 Å². The quantitative estimate of drug-likeness (QED) is 0.791. The predicted molar refractivity (Wildman–Crippen MR) is 108 cm³/mol. The van der Waals surface area contributed by atoms with Crippen LogP contribution in [0.25, 0.3) is 0 Å². The Balaban J connectivity index is 1.53. The van der Waals surface area contributed by atoms with Gasteiger partial charge in [-0.3, -0.25) is 9.59 Å². The summed E-state index contributed by atoms with van der Waals surface area (Å²) in [6.45, 7) is 4.22. The summed E-state index contributed by atoms with van der Waals surface area (Å²) < 4.78 is 13.9. The average molecular weight is 382 g/mol. The number of hydrogen-bond donors (Lipinski definition) is 0. The molecule has 1 heterocycles. The molecule has 0 radical (unpaired) electrons. The van der Waals surface area contributed by atoms with Crippen molar-refractivity contribution in [2.45, 2.75) is 32.6 Å². The summed E-state index contributed by atoms with van der Waals surface area (Å²) in [5.74, 6) is -0.693. The van der Waals surface area contributed by atoms with Crippen LogP contribution in [-0.2, 0) is 17.6 Å². The molecular weight excluding hydrogens is 355 g/mol. The minimum absolute atomic E-state index is 0.0952. The lowest BCUT2D eigenvalue weighted by atomic mass is 10.1. The van der Waals surface area contributed by atoms with Gasteiger partial charge in [0.1, 0.15) is 5.82 Å². The van der Waals surface area contributed by atoms with Crippen molar-refractivity contribution in [2.24, 2.45) is 0 Å². The third-order valence-corrected chi connectivity index (χ3v) is 5.30. The second-order valence-electron chi connectivity index (χ2n) is 7.18. The van der Waals surface area contributed by atoms with Crippen LogP contribution in [0.2, 0.25) is 0 Å². The molecule has 2 aromatic carbocycles. The SMILES string of the molecule is CCc1ccc(CCC(=O)N2CCCN(C(=O)c3ccccc3F)CC2)cc1. The minimum Gasteiger partial charge on any atom is -0.341 e. The second kappa shape index (κ2) is 9.49. The molecule has 148 valence electrons. The third kappa shape index (κ3) is 4.97. The smallest absolute Gasteiger partial charge is 0.256 e. The van der Waals surface area contributed by atoms with Gasteiger partial charge in [0, 0.05) is 32.6 Å².